The Balaban J connectivity index is 2.40. The number of benzene rings is 2. The number of ether oxygens (including phenoxy) is 3. The van der Waals surface area contributed by atoms with Gasteiger partial charge in [-0.05, 0) is 31.5 Å². The van der Waals surface area contributed by atoms with Gasteiger partial charge < -0.3 is 19.1 Å². The fourth-order valence-electron chi connectivity index (χ4n) is 3.08. The van der Waals surface area contributed by atoms with Gasteiger partial charge in [0.1, 0.15) is 12.3 Å². The predicted molar refractivity (Wildman–Crippen MR) is 111 cm³/mol. The Morgan fingerprint density at radius 2 is 1.63 bits per heavy atom. The molecule has 0 bridgehead atoms. The molecule has 0 aliphatic rings. The molecule has 0 aromatic heterocycles. The van der Waals surface area contributed by atoms with Gasteiger partial charge in [-0.15, -0.1) is 0 Å². The van der Waals surface area contributed by atoms with E-state index in [-0.39, 0.29) is 19.7 Å². The maximum absolute atomic E-state index is 13.6. The molecular formula is C23H27NO6. The fraction of sp³-hybridized carbons (Fsp3) is 0.348. The number of esters is 2. The Bertz CT molecular complexity index is 865. The summed E-state index contributed by atoms with van der Waals surface area (Å²) >= 11 is 0. The summed E-state index contributed by atoms with van der Waals surface area (Å²) in [5.74, 6) is -0.989. The van der Waals surface area contributed by atoms with Gasteiger partial charge in [-0.2, -0.15) is 0 Å². The number of hydrogen-bond acceptors (Lipinski definition) is 6. The highest BCUT2D eigenvalue weighted by atomic mass is 16.6. The van der Waals surface area contributed by atoms with Crippen LogP contribution in [-0.2, 0) is 36.0 Å². The van der Waals surface area contributed by atoms with Crippen LogP contribution in [0.3, 0.4) is 0 Å². The third-order valence-electron chi connectivity index (χ3n) is 4.53. The van der Waals surface area contributed by atoms with Crippen LogP contribution < -0.4 is 4.74 Å². The van der Waals surface area contributed by atoms with E-state index in [0.717, 1.165) is 5.56 Å². The number of methoxy groups -OCH3 is 1. The molecule has 0 N–H and O–H groups in total. The van der Waals surface area contributed by atoms with Gasteiger partial charge in [-0.3, -0.25) is 14.4 Å². The molecule has 0 radical (unpaired) electrons. The van der Waals surface area contributed by atoms with Crippen LogP contribution in [0.2, 0.25) is 0 Å². The van der Waals surface area contributed by atoms with Gasteiger partial charge in [-0.25, -0.2) is 0 Å². The molecule has 0 aliphatic heterocycles. The Morgan fingerprint density at radius 1 is 1.00 bits per heavy atom. The zero-order chi connectivity index (χ0) is 22.1. The molecule has 2 rings (SSSR count). The van der Waals surface area contributed by atoms with E-state index in [1.807, 2.05) is 0 Å². The van der Waals surface area contributed by atoms with Crippen molar-refractivity contribution in [2.75, 3.05) is 20.3 Å². The van der Waals surface area contributed by atoms with Crippen molar-refractivity contribution in [3.8, 4) is 5.75 Å². The number of hydrogen-bond donors (Lipinski definition) is 0. The van der Waals surface area contributed by atoms with Crippen molar-refractivity contribution in [1.82, 2.24) is 4.90 Å². The van der Waals surface area contributed by atoms with Gasteiger partial charge in [0.15, 0.2) is 0 Å². The van der Waals surface area contributed by atoms with E-state index < -0.39 is 23.4 Å². The second-order valence-corrected chi connectivity index (χ2v) is 6.81. The van der Waals surface area contributed by atoms with Crippen LogP contribution in [0.1, 0.15) is 31.9 Å². The van der Waals surface area contributed by atoms with Gasteiger partial charge in [0.2, 0.25) is 5.60 Å². The second-order valence-electron chi connectivity index (χ2n) is 6.81. The van der Waals surface area contributed by atoms with E-state index in [9.17, 15) is 14.4 Å². The Morgan fingerprint density at radius 3 is 2.17 bits per heavy atom. The quantitative estimate of drug-likeness (QED) is 0.588. The summed E-state index contributed by atoms with van der Waals surface area (Å²) in [5.41, 5.74) is -0.299. The van der Waals surface area contributed by atoms with E-state index in [1.54, 1.807) is 68.6 Å². The Hall–Kier alpha value is -3.35. The minimum atomic E-state index is -1.59. The highest BCUT2D eigenvalue weighted by molar-refractivity contribution is 5.90. The molecule has 7 heteroatoms. The molecule has 0 saturated heterocycles. The van der Waals surface area contributed by atoms with Crippen LogP contribution in [0.4, 0.5) is 0 Å². The van der Waals surface area contributed by atoms with Crippen LogP contribution in [-0.4, -0.2) is 43.0 Å². The second kappa shape index (κ2) is 10.4. The molecule has 7 nitrogen and oxygen atoms in total. The molecule has 0 fully saturated rings. The zero-order valence-corrected chi connectivity index (χ0v) is 17.7. The van der Waals surface area contributed by atoms with Crippen LogP contribution in [0.25, 0.3) is 0 Å². The normalized spacial score (nSPS) is 12.4. The summed E-state index contributed by atoms with van der Waals surface area (Å²) in [6.45, 7) is 4.52. The van der Waals surface area contributed by atoms with Crippen molar-refractivity contribution in [1.29, 1.82) is 0 Å². The summed E-state index contributed by atoms with van der Waals surface area (Å²) in [6, 6.07) is 15.9. The summed E-state index contributed by atoms with van der Waals surface area (Å²) in [7, 11) is 1.57. The first-order valence-corrected chi connectivity index (χ1v) is 9.63. The number of carbonyl (C=O) groups excluding carboxylic acids is 3. The molecule has 30 heavy (non-hydrogen) atoms. The summed E-state index contributed by atoms with van der Waals surface area (Å²) < 4.78 is 15.7. The first kappa shape index (κ1) is 22.9. The minimum absolute atomic E-state index is 0.130. The third-order valence-corrected chi connectivity index (χ3v) is 4.53. The van der Waals surface area contributed by atoms with Gasteiger partial charge in [0.25, 0.3) is 5.91 Å². The minimum Gasteiger partial charge on any atom is -0.497 e. The Labute approximate surface area is 176 Å². The van der Waals surface area contributed by atoms with Gasteiger partial charge in [-0.1, -0.05) is 42.5 Å². The first-order valence-electron chi connectivity index (χ1n) is 9.63. The molecule has 0 unspecified atom stereocenters. The van der Waals surface area contributed by atoms with Crippen molar-refractivity contribution in [3.63, 3.8) is 0 Å². The van der Waals surface area contributed by atoms with Gasteiger partial charge >= 0.3 is 11.9 Å². The van der Waals surface area contributed by atoms with Crippen molar-refractivity contribution in [2.24, 2.45) is 0 Å². The van der Waals surface area contributed by atoms with E-state index in [2.05, 4.69) is 0 Å². The average Bonchev–Trinajstić information content (AvgIpc) is 2.73. The van der Waals surface area contributed by atoms with Crippen molar-refractivity contribution >= 4 is 17.8 Å². The van der Waals surface area contributed by atoms with Crippen molar-refractivity contribution < 1.29 is 28.6 Å². The van der Waals surface area contributed by atoms with Crippen LogP contribution in [0, 0.1) is 0 Å². The van der Waals surface area contributed by atoms with Crippen molar-refractivity contribution in [3.05, 3.63) is 65.7 Å². The van der Waals surface area contributed by atoms with Crippen LogP contribution in [0.15, 0.2) is 54.6 Å². The van der Waals surface area contributed by atoms with E-state index in [4.69, 9.17) is 14.2 Å². The molecule has 0 spiro atoms. The lowest BCUT2D eigenvalue weighted by molar-refractivity contribution is -0.174. The van der Waals surface area contributed by atoms with E-state index in [1.165, 1.54) is 18.7 Å². The molecule has 0 aliphatic carbocycles. The first-order chi connectivity index (χ1) is 14.3. The van der Waals surface area contributed by atoms with E-state index >= 15 is 0 Å². The molecular weight excluding hydrogens is 386 g/mol. The standard InChI is InChI=1S/C23H27NO6/c1-5-29-21(26)16-24(15-18-11-13-20(28-4)14-12-18)22(27)23(3,30-17(2)25)19-9-7-6-8-10-19/h6-14H,5,15-16H2,1-4H3/t23-/m1/s1. The van der Waals surface area contributed by atoms with Gasteiger partial charge in [0.05, 0.1) is 13.7 Å². The molecule has 160 valence electrons. The number of rotatable bonds is 9. The number of amides is 1. The van der Waals surface area contributed by atoms with Gasteiger partial charge in [0, 0.05) is 19.0 Å². The van der Waals surface area contributed by atoms with Crippen LogP contribution in [0.5, 0.6) is 5.75 Å². The highest BCUT2D eigenvalue weighted by Crippen LogP contribution is 2.29. The smallest absolute Gasteiger partial charge is 0.325 e. The molecule has 2 aromatic carbocycles. The predicted octanol–water partition coefficient (Wildman–Crippen LogP) is 3.07. The lowest BCUT2D eigenvalue weighted by Gasteiger charge is -2.34. The molecule has 0 heterocycles. The lowest BCUT2D eigenvalue weighted by atomic mass is 9.93. The van der Waals surface area contributed by atoms with Crippen molar-refractivity contribution in [2.45, 2.75) is 32.9 Å². The fourth-order valence-corrected chi connectivity index (χ4v) is 3.08. The summed E-state index contributed by atoms with van der Waals surface area (Å²) in [4.78, 5) is 38.9. The molecule has 1 amide bonds. The average molecular weight is 413 g/mol. The third kappa shape index (κ3) is 5.83. The number of nitrogens with zero attached hydrogens (tertiary/aromatic N) is 1. The largest absolute Gasteiger partial charge is 0.497 e. The molecule has 1 atom stereocenters. The maximum Gasteiger partial charge on any atom is 0.325 e. The monoisotopic (exact) mass is 413 g/mol. The number of carbonyl (C=O) groups is 3. The Kier molecular flexibility index (Phi) is 7.98. The summed E-state index contributed by atoms with van der Waals surface area (Å²) in [6.07, 6.45) is 0. The SMILES string of the molecule is CCOC(=O)CN(Cc1ccc(OC)cc1)C(=O)[C@](C)(OC(C)=O)c1ccccc1. The van der Waals surface area contributed by atoms with E-state index in [0.29, 0.717) is 11.3 Å². The topological polar surface area (TPSA) is 82.1 Å². The molecule has 0 saturated carbocycles. The maximum atomic E-state index is 13.6. The highest BCUT2D eigenvalue weighted by Gasteiger charge is 2.42. The zero-order valence-electron chi connectivity index (χ0n) is 17.7. The summed E-state index contributed by atoms with van der Waals surface area (Å²) in [5, 5.41) is 0. The van der Waals surface area contributed by atoms with Crippen LogP contribution >= 0.6 is 0 Å². The lowest BCUT2D eigenvalue weighted by Crippen LogP contribution is -2.49. The molecule has 2 aromatic rings.